The van der Waals surface area contributed by atoms with Gasteiger partial charge < -0.3 is 26.8 Å². The molecule has 0 heterocycles. The Kier molecular flexibility index (Phi) is 17.3. The molecule has 0 spiro atoms. The molecule has 0 fully saturated rings. The third-order valence-corrected chi connectivity index (χ3v) is 6.55. The second kappa shape index (κ2) is 17.8. The topological polar surface area (TPSA) is 151 Å². The summed E-state index contributed by atoms with van der Waals surface area (Å²) in [5, 5.41) is 16.9. The molecular formula is C18H34N4O5S4. The fourth-order valence-electron chi connectivity index (χ4n) is 2.39. The van der Waals surface area contributed by atoms with Crippen LogP contribution in [0.3, 0.4) is 0 Å². The van der Waals surface area contributed by atoms with Crippen molar-refractivity contribution >= 4 is 71.6 Å². The van der Waals surface area contributed by atoms with Crippen LogP contribution in [0, 0.1) is 0 Å². The van der Waals surface area contributed by atoms with Gasteiger partial charge >= 0.3 is 5.97 Å². The fourth-order valence-corrected chi connectivity index (χ4v) is 4.07. The standard InChI is InChI=1S/C18H34N4O5S4/c1-29-7-4-11(19)15(23)20-12(5-8-30-2)16(24)21-13(6-9-31-3)17(25)22-14(10-28)18(26)27/h11-14,28H,4-10,19H2,1-3H3,(H,20,23)(H,21,24)(H,22,25)(H,26,27)/t11-,12-,13-,14-/m0/s1. The molecule has 4 atom stereocenters. The van der Waals surface area contributed by atoms with E-state index in [9.17, 15) is 19.2 Å². The molecule has 0 aliphatic carbocycles. The summed E-state index contributed by atoms with van der Waals surface area (Å²) in [6.07, 6.45) is 6.85. The van der Waals surface area contributed by atoms with Crippen molar-refractivity contribution in [3.05, 3.63) is 0 Å². The molecule has 31 heavy (non-hydrogen) atoms. The predicted octanol–water partition coefficient (Wildman–Crippen LogP) is 0.0418. The van der Waals surface area contributed by atoms with Crippen molar-refractivity contribution in [2.75, 3.05) is 41.8 Å². The van der Waals surface area contributed by atoms with Gasteiger partial charge in [0, 0.05) is 5.75 Å². The average Bonchev–Trinajstić information content (AvgIpc) is 2.74. The van der Waals surface area contributed by atoms with Gasteiger partial charge in [0.2, 0.25) is 17.7 Å². The van der Waals surface area contributed by atoms with E-state index in [1.54, 1.807) is 11.8 Å². The number of carbonyl (C=O) groups excluding carboxylic acids is 3. The van der Waals surface area contributed by atoms with Crippen LogP contribution in [0.4, 0.5) is 0 Å². The third kappa shape index (κ3) is 12.8. The Morgan fingerprint density at radius 2 is 1.16 bits per heavy atom. The van der Waals surface area contributed by atoms with Crippen molar-refractivity contribution in [2.24, 2.45) is 5.73 Å². The summed E-state index contributed by atoms with van der Waals surface area (Å²) in [4.78, 5) is 49.1. The van der Waals surface area contributed by atoms with Gasteiger partial charge in [-0.15, -0.1) is 0 Å². The van der Waals surface area contributed by atoms with Gasteiger partial charge in [-0.25, -0.2) is 4.79 Å². The lowest BCUT2D eigenvalue weighted by atomic mass is 10.1. The largest absolute Gasteiger partial charge is 0.480 e. The lowest BCUT2D eigenvalue weighted by Gasteiger charge is -2.25. The maximum absolute atomic E-state index is 12.9. The number of nitrogens with two attached hydrogens (primary N) is 1. The van der Waals surface area contributed by atoms with Crippen molar-refractivity contribution in [1.82, 2.24) is 16.0 Å². The molecule has 0 aromatic carbocycles. The maximum Gasteiger partial charge on any atom is 0.327 e. The minimum atomic E-state index is -1.21. The number of aliphatic carboxylic acids is 1. The van der Waals surface area contributed by atoms with Crippen molar-refractivity contribution in [2.45, 2.75) is 43.4 Å². The van der Waals surface area contributed by atoms with Gasteiger partial charge in [0.15, 0.2) is 0 Å². The van der Waals surface area contributed by atoms with E-state index in [0.717, 1.165) is 5.75 Å². The Morgan fingerprint density at radius 3 is 1.55 bits per heavy atom. The SMILES string of the molecule is CSCC[C@H](NC(=O)[C@H](CCSC)NC(=O)[C@@H](N)CCSC)C(=O)N[C@@H](CS)C(=O)O. The Balaban J connectivity index is 5.26. The Labute approximate surface area is 202 Å². The van der Waals surface area contributed by atoms with Crippen LogP contribution in [0.5, 0.6) is 0 Å². The minimum Gasteiger partial charge on any atom is -0.480 e. The second-order valence-corrected chi connectivity index (χ2v) is 9.98. The highest BCUT2D eigenvalue weighted by Crippen LogP contribution is 2.07. The number of carboxylic acid groups (broad SMARTS) is 1. The summed E-state index contributed by atoms with van der Waals surface area (Å²) in [5.74, 6) is -0.870. The van der Waals surface area contributed by atoms with Crippen LogP contribution < -0.4 is 21.7 Å². The number of hydrogen-bond donors (Lipinski definition) is 6. The molecule has 0 radical (unpaired) electrons. The highest BCUT2D eigenvalue weighted by molar-refractivity contribution is 7.98. The van der Waals surface area contributed by atoms with E-state index in [1.807, 2.05) is 18.8 Å². The molecule has 0 saturated heterocycles. The van der Waals surface area contributed by atoms with Crippen LogP contribution in [0.1, 0.15) is 19.3 Å². The minimum absolute atomic E-state index is 0.0788. The fraction of sp³-hybridized carbons (Fsp3) is 0.778. The summed E-state index contributed by atoms with van der Waals surface area (Å²) in [6, 6.07) is -3.66. The number of nitrogens with one attached hydrogen (secondary N) is 3. The van der Waals surface area contributed by atoms with E-state index in [2.05, 4.69) is 28.6 Å². The van der Waals surface area contributed by atoms with E-state index in [4.69, 9.17) is 10.8 Å². The zero-order valence-electron chi connectivity index (χ0n) is 18.1. The lowest BCUT2D eigenvalue weighted by molar-refractivity contribution is -0.141. The number of carboxylic acids is 1. The Hall–Kier alpha value is -0.760. The van der Waals surface area contributed by atoms with E-state index in [1.165, 1.54) is 23.5 Å². The van der Waals surface area contributed by atoms with Crippen molar-refractivity contribution < 1.29 is 24.3 Å². The number of thiol groups is 1. The summed E-state index contributed by atoms with van der Waals surface area (Å²) in [7, 11) is 0. The van der Waals surface area contributed by atoms with Crippen LogP contribution in [0.2, 0.25) is 0 Å². The van der Waals surface area contributed by atoms with Crippen LogP contribution >= 0.6 is 47.9 Å². The van der Waals surface area contributed by atoms with Gasteiger partial charge in [-0.05, 0) is 55.3 Å². The molecule has 180 valence electrons. The highest BCUT2D eigenvalue weighted by atomic mass is 32.2. The van der Waals surface area contributed by atoms with Crippen molar-refractivity contribution in [3.8, 4) is 0 Å². The Morgan fingerprint density at radius 1 is 0.774 bits per heavy atom. The van der Waals surface area contributed by atoms with Crippen LogP contribution in [-0.2, 0) is 19.2 Å². The summed E-state index contributed by atoms with van der Waals surface area (Å²) < 4.78 is 0. The molecule has 0 aromatic rings. The third-order valence-electron chi connectivity index (χ3n) is 4.25. The molecule has 6 N–H and O–H groups in total. The molecule has 0 aliphatic heterocycles. The predicted molar refractivity (Wildman–Crippen MR) is 134 cm³/mol. The first-order valence-corrected chi connectivity index (χ1v) is 14.5. The van der Waals surface area contributed by atoms with Gasteiger partial charge in [0.25, 0.3) is 0 Å². The number of amides is 3. The van der Waals surface area contributed by atoms with Gasteiger partial charge in [0.05, 0.1) is 6.04 Å². The average molecular weight is 515 g/mol. The number of hydrogen-bond acceptors (Lipinski definition) is 9. The molecular weight excluding hydrogens is 480 g/mol. The molecule has 0 aromatic heterocycles. The molecule has 9 nitrogen and oxygen atoms in total. The van der Waals surface area contributed by atoms with E-state index in [0.29, 0.717) is 30.8 Å². The van der Waals surface area contributed by atoms with Crippen LogP contribution in [0.25, 0.3) is 0 Å². The maximum atomic E-state index is 12.9. The first kappa shape index (κ1) is 30.2. The molecule has 0 unspecified atom stereocenters. The first-order valence-electron chi connectivity index (χ1n) is 9.68. The first-order chi connectivity index (χ1) is 14.7. The van der Waals surface area contributed by atoms with E-state index < -0.39 is 47.9 Å². The molecule has 13 heteroatoms. The second-order valence-electron chi connectivity index (χ2n) is 6.66. The molecule has 3 amide bonds. The number of carbonyl (C=O) groups is 4. The van der Waals surface area contributed by atoms with Gasteiger partial charge in [-0.3, -0.25) is 14.4 Å². The monoisotopic (exact) mass is 514 g/mol. The van der Waals surface area contributed by atoms with E-state index in [-0.39, 0.29) is 5.75 Å². The molecule has 0 bridgehead atoms. The summed E-state index contributed by atoms with van der Waals surface area (Å²) in [6.45, 7) is 0. The molecule has 0 saturated carbocycles. The lowest BCUT2D eigenvalue weighted by Crippen LogP contribution is -2.57. The van der Waals surface area contributed by atoms with Crippen molar-refractivity contribution in [3.63, 3.8) is 0 Å². The summed E-state index contributed by atoms with van der Waals surface area (Å²) >= 11 is 8.54. The summed E-state index contributed by atoms with van der Waals surface area (Å²) in [5.41, 5.74) is 5.90. The quantitative estimate of drug-likeness (QED) is 0.148. The van der Waals surface area contributed by atoms with E-state index >= 15 is 0 Å². The molecule has 0 aliphatic rings. The molecule has 0 rings (SSSR count). The van der Waals surface area contributed by atoms with Crippen LogP contribution in [0.15, 0.2) is 0 Å². The van der Waals surface area contributed by atoms with Crippen molar-refractivity contribution in [1.29, 1.82) is 0 Å². The van der Waals surface area contributed by atoms with Crippen LogP contribution in [-0.4, -0.2) is 94.7 Å². The normalized spacial score (nSPS) is 14.7. The number of thioether (sulfide) groups is 3. The zero-order valence-corrected chi connectivity index (χ0v) is 21.4. The van der Waals surface area contributed by atoms with Gasteiger partial charge in [-0.1, -0.05) is 0 Å². The Bertz CT molecular complexity index is 585. The highest BCUT2D eigenvalue weighted by Gasteiger charge is 2.29. The smallest absolute Gasteiger partial charge is 0.327 e. The zero-order chi connectivity index (χ0) is 23.8. The van der Waals surface area contributed by atoms with Gasteiger partial charge in [0.1, 0.15) is 18.1 Å². The van der Waals surface area contributed by atoms with Gasteiger partial charge in [-0.2, -0.15) is 47.9 Å². The number of rotatable bonds is 17.